The summed E-state index contributed by atoms with van der Waals surface area (Å²) in [5, 5.41) is 3.21. The summed E-state index contributed by atoms with van der Waals surface area (Å²) in [6.07, 6.45) is -6.87. The van der Waals surface area contributed by atoms with Gasteiger partial charge in [0.15, 0.2) is 5.58 Å². The molecule has 2 heterocycles. The van der Waals surface area contributed by atoms with Crippen molar-refractivity contribution in [2.45, 2.75) is 51.1 Å². The normalized spacial score (nSPS) is 20.1. The fourth-order valence-corrected chi connectivity index (χ4v) is 5.42. The van der Waals surface area contributed by atoms with Gasteiger partial charge >= 0.3 is 18.1 Å². The number of halogens is 6. The van der Waals surface area contributed by atoms with Gasteiger partial charge in [-0.2, -0.15) is 26.3 Å². The third-order valence-electron chi connectivity index (χ3n) is 7.61. The molecular weight excluding hydrogens is 528 g/mol. The first-order chi connectivity index (χ1) is 18.2. The summed E-state index contributed by atoms with van der Waals surface area (Å²) >= 11 is 0. The standard InChI is InChI=1S/C27H27F6N3O3/c1-35-21-10-17(4-5-22(21)39-24(35)38)13-36(23(37)25(6-7-34-15-25)12-16-2-3-16)14-18-8-19(26(28,29)30)11-20(9-18)27(31,32)33/h4-5,8-11,16,34H,2-3,6-7,12-15H2,1H3. The predicted molar refractivity (Wildman–Crippen MR) is 129 cm³/mol. The molecule has 12 heteroatoms. The average Bonchev–Trinajstić information content (AvgIpc) is 3.46. The van der Waals surface area contributed by atoms with Crippen molar-refractivity contribution in [3.8, 4) is 0 Å². The van der Waals surface area contributed by atoms with Gasteiger partial charge in [-0.05, 0) is 66.8 Å². The van der Waals surface area contributed by atoms with E-state index >= 15 is 0 Å². The fourth-order valence-electron chi connectivity index (χ4n) is 5.42. The zero-order chi connectivity index (χ0) is 28.2. The van der Waals surface area contributed by atoms with E-state index in [0.717, 1.165) is 12.8 Å². The van der Waals surface area contributed by atoms with E-state index in [-0.39, 0.29) is 24.1 Å². The van der Waals surface area contributed by atoms with Crippen LogP contribution >= 0.6 is 0 Å². The highest BCUT2D eigenvalue weighted by Gasteiger charge is 2.47. The lowest BCUT2D eigenvalue weighted by Crippen LogP contribution is -2.45. The summed E-state index contributed by atoms with van der Waals surface area (Å²) < 4.78 is 87.6. The van der Waals surface area contributed by atoms with E-state index in [1.54, 1.807) is 18.2 Å². The van der Waals surface area contributed by atoms with Gasteiger partial charge < -0.3 is 14.6 Å². The zero-order valence-electron chi connectivity index (χ0n) is 21.1. The first kappa shape index (κ1) is 27.3. The minimum Gasteiger partial charge on any atom is -0.408 e. The second-order valence-corrected chi connectivity index (χ2v) is 10.7. The molecular formula is C27H27F6N3O3. The van der Waals surface area contributed by atoms with Crippen LogP contribution in [0.1, 0.15) is 47.9 Å². The topological polar surface area (TPSA) is 67.5 Å². The molecule has 1 saturated carbocycles. The molecule has 210 valence electrons. The summed E-state index contributed by atoms with van der Waals surface area (Å²) in [6.45, 7) is 0.473. The number of aryl methyl sites for hydroxylation is 1. The van der Waals surface area contributed by atoms with Gasteiger partial charge in [0.2, 0.25) is 5.91 Å². The number of hydrogen-bond donors (Lipinski definition) is 1. The summed E-state index contributed by atoms with van der Waals surface area (Å²) in [6, 6.07) is 6.22. The third-order valence-corrected chi connectivity index (χ3v) is 7.61. The molecule has 39 heavy (non-hydrogen) atoms. The van der Waals surface area contributed by atoms with E-state index in [1.807, 2.05) is 0 Å². The van der Waals surface area contributed by atoms with Crippen molar-refractivity contribution in [1.82, 2.24) is 14.8 Å². The number of alkyl halides is 6. The molecule has 1 aromatic heterocycles. The van der Waals surface area contributed by atoms with Gasteiger partial charge in [-0.15, -0.1) is 0 Å². The lowest BCUT2D eigenvalue weighted by atomic mass is 9.80. The second-order valence-electron chi connectivity index (χ2n) is 10.7. The van der Waals surface area contributed by atoms with Crippen molar-refractivity contribution in [2.24, 2.45) is 18.4 Å². The van der Waals surface area contributed by atoms with Crippen molar-refractivity contribution in [1.29, 1.82) is 0 Å². The molecule has 1 unspecified atom stereocenters. The summed E-state index contributed by atoms with van der Waals surface area (Å²) in [5.41, 5.74) is -2.57. The monoisotopic (exact) mass is 555 g/mol. The maximum atomic E-state index is 14.1. The maximum absolute atomic E-state index is 14.1. The Labute approximate surface area is 219 Å². The molecule has 0 bridgehead atoms. The van der Waals surface area contributed by atoms with Gasteiger partial charge in [-0.3, -0.25) is 9.36 Å². The van der Waals surface area contributed by atoms with Crippen LogP contribution in [0.5, 0.6) is 0 Å². The number of nitrogens with one attached hydrogen (secondary N) is 1. The number of amides is 1. The van der Waals surface area contributed by atoms with Crippen LogP contribution in [0.4, 0.5) is 26.3 Å². The molecule has 1 amide bonds. The number of hydrogen-bond acceptors (Lipinski definition) is 4. The van der Waals surface area contributed by atoms with E-state index in [2.05, 4.69) is 5.32 Å². The minimum absolute atomic E-state index is 0.0713. The number of oxazole rings is 1. The van der Waals surface area contributed by atoms with Crippen molar-refractivity contribution in [2.75, 3.05) is 13.1 Å². The summed E-state index contributed by atoms with van der Waals surface area (Å²) in [7, 11) is 1.51. The van der Waals surface area contributed by atoms with Gasteiger partial charge in [0.25, 0.3) is 0 Å². The highest BCUT2D eigenvalue weighted by molar-refractivity contribution is 5.84. The van der Waals surface area contributed by atoms with Crippen LogP contribution in [0.15, 0.2) is 45.6 Å². The fraction of sp³-hybridized carbons (Fsp3) is 0.481. The van der Waals surface area contributed by atoms with Crippen LogP contribution in [0, 0.1) is 11.3 Å². The Morgan fingerprint density at radius 3 is 2.23 bits per heavy atom. The van der Waals surface area contributed by atoms with Crippen molar-refractivity contribution >= 4 is 17.0 Å². The van der Waals surface area contributed by atoms with Gasteiger partial charge in [0, 0.05) is 26.7 Å². The average molecular weight is 556 g/mol. The highest BCUT2D eigenvalue weighted by atomic mass is 19.4. The zero-order valence-corrected chi connectivity index (χ0v) is 21.1. The molecule has 0 radical (unpaired) electrons. The molecule has 2 aromatic carbocycles. The molecule has 2 fully saturated rings. The van der Waals surface area contributed by atoms with Crippen molar-refractivity contribution < 1.29 is 35.6 Å². The Hall–Kier alpha value is -3.28. The molecule has 3 aromatic rings. The summed E-state index contributed by atoms with van der Waals surface area (Å²) in [4.78, 5) is 27.4. The third kappa shape index (κ3) is 5.70. The maximum Gasteiger partial charge on any atom is 0.419 e. The number of benzene rings is 2. The molecule has 0 spiro atoms. The highest BCUT2D eigenvalue weighted by Crippen LogP contribution is 2.45. The van der Waals surface area contributed by atoms with Crippen molar-refractivity contribution in [3.05, 3.63) is 69.2 Å². The molecule has 2 aliphatic rings. The lowest BCUT2D eigenvalue weighted by Gasteiger charge is -2.34. The van der Waals surface area contributed by atoms with Crippen LogP contribution in [-0.2, 0) is 37.3 Å². The molecule has 5 rings (SSSR count). The molecule has 6 nitrogen and oxygen atoms in total. The van der Waals surface area contributed by atoms with Gasteiger partial charge in [-0.25, -0.2) is 4.79 Å². The molecule has 1 saturated heterocycles. The molecule has 1 atom stereocenters. The van der Waals surface area contributed by atoms with E-state index in [1.165, 1.54) is 16.5 Å². The Bertz CT molecular complexity index is 1410. The molecule has 1 aliphatic heterocycles. The van der Waals surface area contributed by atoms with Gasteiger partial charge in [-0.1, -0.05) is 18.9 Å². The van der Waals surface area contributed by atoms with Crippen LogP contribution in [0.2, 0.25) is 0 Å². The van der Waals surface area contributed by atoms with Crippen LogP contribution in [0.25, 0.3) is 11.1 Å². The van der Waals surface area contributed by atoms with Crippen molar-refractivity contribution in [3.63, 3.8) is 0 Å². The van der Waals surface area contributed by atoms with Crippen LogP contribution in [0.3, 0.4) is 0 Å². The van der Waals surface area contributed by atoms with E-state index < -0.39 is 41.2 Å². The van der Waals surface area contributed by atoms with Gasteiger partial charge in [0.05, 0.1) is 22.1 Å². The number of carbonyl (C=O) groups is 1. The number of nitrogens with zero attached hydrogens (tertiary/aromatic N) is 2. The van der Waals surface area contributed by atoms with Crippen LogP contribution < -0.4 is 11.1 Å². The second kappa shape index (κ2) is 9.72. The lowest BCUT2D eigenvalue weighted by molar-refractivity contribution is -0.143. The number of fused-ring (bicyclic) bond motifs is 1. The number of carbonyl (C=O) groups excluding carboxylic acids is 1. The Morgan fingerprint density at radius 2 is 1.67 bits per heavy atom. The first-order valence-corrected chi connectivity index (χ1v) is 12.6. The Balaban J connectivity index is 1.55. The molecule has 1 N–H and O–H groups in total. The SMILES string of the molecule is Cn1c(=O)oc2ccc(CN(Cc3cc(C(F)(F)F)cc(C(F)(F)F)c3)C(=O)C3(CC4CC4)CCNC3)cc21. The van der Waals surface area contributed by atoms with Crippen LogP contribution in [-0.4, -0.2) is 28.5 Å². The summed E-state index contributed by atoms with van der Waals surface area (Å²) in [5.74, 6) is -0.524. The largest absolute Gasteiger partial charge is 0.419 e. The first-order valence-electron chi connectivity index (χ1n) is 12.6. The molecule has 1 aliphatic carbocycles. The minimum atomic E-state index is -5.00. The number of rotatable bonds is 7. The van der Waals surface area contributed by atoms with E-state index in [4.69, 9.17) is 4.42 Å². The quantitative estimate of drug-likeness (QED) is 0.393. The smallest absolute Gasteiger partial charge is 0.408 e. The predicted octanol–water partition coefficient (Wildman–Crippen LogP) is 5.48. The van der Waals surface area contributed by atoms with E-state index in [0.29, 0.717) is 60.6 Å². The van der Waals surface area contributed by atoms with E-state index in [9.17, 15) is 35.9 Å². The number of aromatic nitrogens is 1. The van der Waals surface area contributed by atoms with Gasteiger partial charge in [0.1, 0.15) is 0 Å². The Kier molecular flexibility index (Phi) is 6.80. The Morgan fingerprint density at radius 1 is 1.03 bits per heavy atom.